The van der Waals surface area contributed by atoms with Gasteiger partial charge in [-0.1, -0.05) is 18.2 Å². The molecule has 3 N–H and O–H groups in total. The Kier molecular flexibility index (Phi) is 4.62. The van der Waals surface area contributed by atoms with Crippen LogP contribution in [0.5, 0.6) is 0 Å². The first-order valence-corrected chi connectivity index (χ1v) is 8.11. The highest BCUT2D eigenvalue weighted by molar-refractivity contribution is 7.99. The van der Waals surface area contributed by atoms with Gasteiger partial charge in [0.25, 0.3) is 0 Å². The minimum absolute atomic E-state index is 0.274. The van der Waals surface area contributed by atoms with Gasteiger partial charge in [0.2, 0.25) is 0 Å². The highest BCUT2D eigenvalue weighted by Crippen LogP contribution is 2.23. The lowest BCUT2D eigenvalue weighted by Gasteiger charge is -2.28. The second-order valence-corrected chi connectivity index (χ2v) is 6.30. The van der Waals surface area contributed by atoms with Gasteiger partial charge in [0, 0.05) is 49.4 Å². The van der Waals surface area contributed by atoms with Crippen LogP contribution in [0.15, 0.2) is 35.4 Å². The van der Waals surface area contributed by atoms with Crippen molar-refractivity contribution in [2.45, 2.75) is 11.1 Å². The molecule has 2 heterocycles. The lowest BCUT2D eigenvalue weighted by atomic mass is 10.3. The smallest absolute Gasteiger partial charge is 0.0761 e. The standard InChI is InChI=1S/C15H21N3OS/c19-13(10-18-7-5-16-6-8-18)11-20-15-9-12-3-1-2-4-14(12)17-15/h1-4,9,13,16-17,19H,5-8,10-11H2. The largest absolute Gasteiger partial charge is 0.391 e. The van der Waals surface area contributed by atoms with E-state index in [0.717, 1.165) is 49.0 Å². The molecule has 3 rings (SSSR count). The fourth-order valence-electron chi connectivity index (χ4n) is 2.55. The van der Waals surface area contributed by atoms with E-state index < -0.39 is 0 Å². The van der Waals surface area contributed by atoms with Crippen LogP contribution in [-0.2, 0) is 0 Å². The van der Waals surface area contributed by atoms with Crippen LogP contribution in [0.25, 0.3) is 10.9 Å². The Morgan fingerprint density at radius 2 is 2.05 bits per heavy atom. The lowest BCUT2D eigenvalue weighted by Crippen LogP contribution is -2.46. The first kappa shape index (κ1) is 13.9. The summed E-state index contributed by atoms with van der Waals surface area (Å²) >= 11 is 1.69. The molecule has 1 aliphatic heterocycles. The summed E-state index contributed by atoms with van der Waals surface area (Å²) < 4.78 is 0. The second kappa shape index (κ2) is 6.63. The quantitative estimate of drug-likeness (QED) is 0.731. The number of aliphatic hydroxyl groups excluding tert-OH is 1. The van der Waals surface area contributed by atoms with Crippen molar-refractivity contribution in [3.8, 4) is 0 Å². The van der Waals surface area contributed by atoms with E-state index >= 15 is 0 Å². The van der Waals surface area contributed by atoms with Gasteiger partial charge in [-0.05, 0) is 12.1 Å². The molecule has 0 saturated carbocycles. The van der Waals surface area contributed by atoms with Gasteiger partial charge in [0.05, 0.1) is 11.1 Å². The molecule has 1 unspecified atom stereocenters. The van der Waals surface area contributed by atoms with Crippen LogP contribution in [0.3, 0.4) is 0 Å². The average molecular weight is 291 g/mol. The van der Waals surface area contributed by atoms with Crippen molar-refractivity contribution >= 4 is 22.7 Å². The van der Waals surface area contributed by atoms with Gasteiger partial charge >= 0.3 is 0 Å². The molecule has 20 heavy (non-hydrogen) atoms. The molecule has 108 valence electrons. The maximum absolute atomic E-state index is 10.1. The maximum atomic E-state index is 10.1. The molecule has 0 spiro atoms. The molecule has 1 atom stereocenters. The van der Waals surface area contributed by atoms with E-state index in [1.165, 1.54) is 5.39 Å². The summed E-state index contributed by atoms with van der Waals surface area (Å²) in [5.41, 5.74) is 1.16. The van der Waals surface area contributed by atoms with Crippen LogP contribution >= 0.6 is 11.8 Å². The number of para-hydroxylation sites is 1. The topological polar surface area (TPSA) is 51.3 Å². The normalized spacial score (nSPS) is 18.4. The van der Waals surface area contributed by atoms with Gasteiger partial charge in [-0.2, -0.15) is 0 Å². The number of nitrogens with zero attached hydrogens (tertiary/aromatic N) is 1. The van der Waals surface area contributed by atoms with E-state index in [0.29, 0.717) is 0 Å². The first-order chi connectivity index (χ1) is 9.81. The number of β-amino-alcohol motifs (C(OH)–C–C–N with tert-alkyl or cyclic N) is 1. The van der Waals surface area contributed by atoms with E-state index in [1.807, 2.05) is 12.1 Å². The Hall–Kier alpha value is -1.01. The number of aromatic amines is 1. The summed E-state index contributed by atoms with van der Waals surface area (Å²) in [4.78, 5) is 5.71. The molecule has 0 aliphatic carbocycles. The van der Waals surface area contributed by atoms with E-state index in [1.54, 1.807) is 11.8 Å². The number of aliphatic hydroxyl groups is 1. The van der Waals surface area contributed by atoms with Crippen molar-refractivity contribution in [2.24, 2.45) is 0 Å². The SMILES string of the molecule is OC(CSc1cc2ccccc2[nH]1)CN1CCNCC1. The monoisotopic (exact) mass is 291 g/mol. The zero-order chi connectivity index (χ0) is 13.8. The molecule has 0 radical (unpaired) electrons. The van der Waals surface area contributed by atoms with Gasteiger partial charge in [-0.3, -0.25) is 4.90 Å². The summed E-state index contributed by atoms with van der Waals surface area (Å²) in [6, 6.07) is 10.4. The van der Waals surface area contributed by atoms with Gasteiger partial charge in [0.15, 0.2) is 0 Å². The third kappa shape index (κ3) is 3.55. The van der Waals surface area contributed by atoms with Crippen molar-refractivity contribution in [2.75, 3.05) is 38.5 Å². The lowest BCUT2D eigenvalue weighted by molar-refractivity contribution is 0.121. The Morgan fingerprint density at radius 3 is 2.85 bits per heavy atom. The molecule has 1 aromatic heterocycles. The van der Waals surface area contributed by atoms with Crippen LogP contribution in [0.1, 0.15) is 0 Å². The summed E-state index contributed by atoms with van der Waals surface area (Å²) in [5, 5.41) is 15.8. The Balaban J connectivity index is 1.50. The molecule has 0 bridgehead atoms. The molecular formula is C15H21N3OS. The number of rotatable bonds is 5. The van der Waals surface area contributed by atoms with Crippen molar-refractivity contribution < 1.29 is 5.11 Å². The van der Waals surface area contributed by atoms with Crippen LogP contribution in [-0.4, -0.2) is 59.6 Å². The number of nitrogens with one attached hydrogen (secondary N) is 2. The molecule has 1 saturated heterocycles. The molecule has 5 heteroatoms. The molecule has 0 amide bonds. The summed E-state index contributed by atoms with van der Waals surface area (Å²) in [7, 11) is 0. The fraction of sp³-hybridized carbons (Fsp3) is 0.467. The number of benzene rings is 1. The van der Waals surface area contributed by atoms with Gasteiger partial charge in [0.1, 0.15) is 0 Å². The third-order valence-corrected chi connectivity index (χ3v) is 4.70. The second-order valence-electron chi connectivity index (χ2n) is 5.24. The number of fused-ring (bicyclic) bond motifs is 1. The van der Waals surface area contributed by atoms with Crippen molar-refractivity contribution in [1.82, 2.24) is 15.2 Å². The maximum Gasteiger partial charge on any atom is 0.0761 e. The van der Waals surface area contributed by atoms with E-state index in [-0.39, 0.29) is 6.10 Å². The summed E-state index contributed by atoms with van der Waals surface area (Å²) in [6.45, 7) is 4.90. The summed E-state index contributed by atoms with van der Waals surface area (Å²) in [5.74, 6) is 0.733. The van der Waals surface area contributed by atoms with Crippen molar-refractivity contribution in [1.29, 1.82) is 0 Å². The van der Waals surface area contributed by atoms with Crippen LogP contribution in [0.2, 0.25) is 0 Å². The fourth-order valence-corrected chi connectivity index (χ4v) is 3.42. The highest BCUT2D eigenvalue weighted by atomic mass is 32.2. The van der Waals surface area contributed by atoms with Gasteiger partial charge in [-0.15, -0.1) is 11.8 Å². The van der Waals surface area contributed by atoms with E-state index in [9.17, 15) is 5.11 Å². The Bertz CT molecular complexity index is 518. The Morgan fingerprint density at radius 1 is 1.25 bits per heavy atom. The number of aromatic nitrogens is 1. The number of hydrogen-bond donors (Lipinski definition) is 3. The summed E-state index contributed by atoms with van der Waals surface area (Å²) in [6.07, 6.45) is -0.274. The minimum Gasteiger partial charge on any atom is -0.391 e. The van der Waals surface area contributed by atoms with Crippen LogP contribution in [0.4, 0.5) is 0 Å². The van der Waals surface area contributed by atoms with Crippen LogP contribution < -0.4 is 5.32 Å². The molecule has 1 fully saturated rings. The third-order valence-electron chi connectivity index (χ3n) is 3.62. The van der Waals surface area contributed by atoms with E-state index in [2.05, 4.69) is 33.4 Å². The number of hydrogen-bond acceptors (Lipinski definition) is 4. The molecule has 1 aliphatic rings. The van der Waals surface area contributed by atoms with Crippen molar-refractivity contribution in [3.05, 3.63) is 30.3 Å². The number of thioether (sulfide) groups is 1. The molecule has 4 nitrogen and oxygen atoms in total. The molecule has 1 aromatic carbocycles. The minimum atomic E-state index is -0.274. The average Bonchev–Trinajstić information content (AvgIpc) is 2.89. The van der Waals surface area contributed by atoms with E-state index in [4.69, 9.17) is 0 Å². The Labute approximate surface area is 123 Å². The number of piperazine rings is 1. The first-order valence-electron chi connectivity index (χ1n) is 7.13. The number of H-pyrrole nitrogens is 1. The zero-order valence-corrected chi connectivity index (χ0v) is 12.3. The van der Waals surface area contributed by atoms with Gasteiger partial charge in [-0.25, -0.2) is 0 Å². The molecular weight excluding hydrogens is 270 g/mol. The molecule has 2 aromatic rings. The predicted octanol–water partition coefficient (Wildman–Crippen LogP) is 1.53. The van der Waals surface area contributed by atoms with Crippen LogP contribution in [0, 0.1) is 0 Å². The van der Waals surface area contributed by atoms with Crippen molar-refractivity contribution in [3.63, 3.8) is 0 Å². The highest BCUT2D eigenvalue weighted by Gasteiger charge is 2.14. The zero-order valence-electron chi connectivity index (χ0n) is 11.5. The van der Waals surface area contributed by atoms with Gasteiger partial charge < -0.3 is 15.4 Å². The predicted molar refractivity (Wildman–Crippen MR) is 84.3 cm³/mol.